The molecule has 1 N–H and O–H groups in total. The van der Waals surface area contributed by atoms with Crippen molar-refractivity contribution in [2.45, 2.75) is 19.4 Å². The molecule has 0 atom stereocenters. The summed E-state index contributed by atoms with van der Waals surface area (Å²) in [5.41, 5.74) is 2.49. The number of aromatic nitrogens is 2. The molecule has 1 aliphatic rings. The number of carbonyl (C=O) groups excluding carboxylic acids is 1. The molecule has 2 aromatic rings. The zero-order valence-corrected chi connectivity index (χ0v) is 15.5. The van der Waals surface area contributed by atoms with Crippen molar-refractivity contribution in [3.05, 3.63) is 34.9 Å². The van der Waals surface area contributed by atoms with Crippen LogP contribution in [0.15, 0.2) is 29.2 Å². The van der Waals surface area contributed by atoms with Gasteiger partial charge in [0.1, 0.15) is 0 Å². The fourth-order valence-corrected chi connectivity index (χ4v) is 4.42. The van der Waals surface area contributed by atoms with Gasteiger partial charge in [-0.05, 0) is 24.3 Å². The summed E-state index contributed by atoms with van der Waals surface area (Å²) < 4.78 is 24.5. The lowest BCUT2D eigenvalue weighted by Crippen LogP contribution is -2.42. The molecule has 134 valence electrons. The van der Waals surface area contributed by atoms with E-state index in [4.69, 9.17) is 0 Å². The summed E-state index contributed by atoms with van der Waals surface area (Å²) in [6, 6.07) is 1.97. The highest BCUT2D eigenvalue weighted by Crippen LogP contribution is 2.23. The van der Waals surface area contributed by atoms with Gasteiger partial charge in [0.15, 0.2) is 0 Å². The lowest BCUT2D eigenvalue weighted by molar-refractivity contribution is -0.126. The van der Waals surface area contributed by atoms with Gasteiger partial charge in [-0.3, -0.25) is 14.8 Å². The molecule has 2 aromatic heterocycles. The van der Waals surface area contributed by atoms with Gasteiger partial charge in [-0.25, -0.2) is 12.7 Å². The Hall–Kier alpha value is -1.84. The van der Waals surface area contributed by atoms with Crippen LogP contribution in [0.5, 0.6) is 0 Å². The van der Waals surface area contributed by atoms with Crippen molar-refractivity contribution in [3.8, 4) is 11.3 Å². The van der Waals surface area contributed by atoms with E-state index in [0.717, 1.165) is 17.0 Å². The van der Waals surface area contributed by atoms with Crippen LogP contribution in [0.25, 0.3) is 11.3 Å². The Balaban J connectivity index is 1.59. The van der Waals surface area contributed by atoms with Crippen LogP contribution in [0, 0.1) is 5.92 Å². The van der Waals surface area contributed by atoms with E-state index in [9.17, 15) is 13.2 Å². The molecule has 0 aromatic carbocycles. The summed E-state index contributed by atoms with van der Waals surface area (Å²) in [6.07, 6.45) is 5.53. The molecule has 1 fully saturated rings. The first-order valence-electron chi connectivity index (χ1n) is 8.00. The summed E-state index contributed by atoms with van der Waals surface area (Å²) in [4.78, 5) is 21.1. The maximum Gasteiger partial charge on any atom is 0.223 e. The van der Waals surface area contributed by atoms with Crippen molar-refractivity contribution in [1.29, 1.82) is 0 Å². The highest BCUT2D eigenvalue weighted by atomic mass is 32.2. The van der Waals surface area contributed by atoms with Crippen LogP contribution < -0.4 is 5.32 Å². The Labute approximate surface area is 151 Å². The first-order valence-corrected chi connectivity index (χ1v) is 10.8. The minimum absolute atomic E-state index is 0.0601. The Morgan fingerprint density at radius 1 is 1.32 bits per heavy atom. The number of hydrogen-bond donors (Lipinski definition) is 1. The number of carbonyl (C=O) groups is 1. The largest absolute Gasteiger partial charge is 0.350 e. The van der Waals surface area contributed by atoms with Crippen molar-refractivity contribution in [2.75, 3.05) is 19.3 Å². The second-order valence-electron chi connectivity index (χ2n) is 6.02. The Bertz CT molecular complexity index is 829. The van der Waals surface area contributed by atoms with Gasteiger partial charge in [0.2, 0.25) is 15.9 Å². The third-order valence-electron chi connectivity index (χ3n) is 4.29. The summed E-state index contributed by atoms with van der Waals surface area (Å²) in [7, 11) is -3.18. The lowest BCUT2D eigenvalue weighted by atomic mass is 9.97. The Kier molecular flexibility index (Phi) is 5.45. The quantitative estimate of drug-likeness (QED) is 0.848. The molecule has 1 amide bonds. The highest BCUT2D eigenvalue weighted by molar-refractivity contribution is 7.88. The molecule has 7 nitrogen and oxygen atoms in total. The van der Waals surface area contributed by atoms with Crippen molar-refractivity contribution < 1.29 is 13.2 Å². The maximum absolute atomic E-state index is 12.4. The van der Waals surface area contributed by atoms with E-state index in [0.29, 0.717) is 32.5 Å². The van der Waals surface area contributed by atoms with E-state index in [1.165, 1.54) is 10.6 Å². The molecule has 1 saturated heterocycles. The number of amides is 1. The first-order chi connectivity index (χ1) is 11.9. The maximum atomic E-state index is 12.4. The molecule has 0 spiro atoms. The molecular weight excluding hydrogens is 360 g/mol. The second-order valence-corrected chi connectivity index (χ2v) is 8.78. The van der Waals surface area contributed by atoms with Crippen LogP contribution in [-0.4, -0.2) is 47.9 Å². The van der Waals surface area contributed by atoms with Crippen LogP contribution in [0.1, 0.15) is 18.5 Å². The molecule has 0 aliphatic carbocycles. The molecule has 9 heteroatoms. The smallest absolute Gasteiger partial charge is 0.223 e. The van der Waals surface area contributed by atoms with Gasteiger partial charge < -0.3 is 5.32 Å². The predicted molar refractivity (Wildman–Crippen MR) is 96.3 cm³/mol. The fraction of sp³-hybridized carbons (Fsp3) is 0.438. The molecular formula is C16H20N4O3S2. The fourth-order valence-electron chi connectivity index (χ4n) is 2.90. The standard InChI is InChI=1S/C16H20N4O3S2/c1-25(22,23)20-7-2-12(3-8-20)16(21)19-10-14-15(18-6-5-17-14)13-4-9-24-11-13/h4-6,9,11-12H,2-3,7-8,10H2,1H3,(H,19,21). The monoisotopic (exact) mass is 380 g/mol. The van der Waals surface area contributed by atoms with Crippen LogP contribution in [-0.2, 0) is 21.4 Å². The molecule has 0 saturated carbocycles. The van der Waals surface area contributed by atoms with E-state index in [1.54, 1.807) is 23.7 Å². The molecule has 25 heavy (non-hydrogen) atoms. The number of nitrogens with one attached hydrogen (secondary N) is 1. The molecule has 3 rings (SSSR count). The summed E-state index contributed by atoms with van der Waals surface area (Å²) in [6.45, 7) is 1.09. The summed E-state index contributed by atoms with van der Waals surface area (Å²) in [5, 5.41) is 6.89. The van der Waals surface area contributed by atoms with Gasteiger partial charge in [-0.1, -0.05) is 0 Å². The van der Waals surface area contributed by atoms with Crippen molar-refractivity contribution in [1.82, 2.24) is 19.6 Å². The van der Waals surface area contributed by atoms with Gasteiger partial charge in [0.05, 0.1) is 24.2 Å². The van der Waals surface area contributed by atoms with Gasteiger partial charge in [0.25, 0.3) is 0 Å². The zero-order chi connectivity index (χ0) is 17.9. The molecule has 3 heterocycles. The minimum atomic E-state index is -3.18. The molecule has 0 bridgehead atoms. The number of thiophene rings is 1. The van der Waals surface area contributed by atoms with E-state index in [1.807, 2.05) is 16.8 Å². The molecule has 1 aliphatic heterocycles. The third kappa shape index (κ3) is 4.42. The highest BCUT2D eigenvalue weighted by Gasteiger charge is 2.28. The van der Waals surface area contributed by atoms with E-state index in [-0.39, 0.29) is 11.8 Å². The minimum Gasteiger partial charge on any atom is -0.350 e. The van der Waals surface area contributed by atoms with Crippen LogP contribution in [0.3, 0.4) is 0 Å². The number of sulfonamides is 1. The SMILES string of the molecule is CS(=O)(=O)N1CCC(C(=O)NCc2nccnc2-c2ccsc2)CC1. The lowest BCUT2D eigenvalue weighted by Gasteiger charge is -2.29. The average Bonchev–Trinajstić information content (AvgIpc) is 3.14. The van der Waals surface area contributed by atoms with Crippen molar-refractivity contribution >= 4 is 27.3 Å². The number of hydrogen-bond acceptors (Lipinski definition) is 6. The Morgan fingerprint density at radius 3 is 2.68 bits per heavy atom. The van der Waals surface area contributed by atoms with Crippen LogP contribution in [0.2, 0.25) is 0 Å². The molecule has 0 radical (unpaired) electrons. The predicted octanol–water partition coefficient (Wildman–Crippen LogP) is 1.49. The number of rotatable bonds is 5. The van der Waals surface area contributed by atoms with Crippen molar-refractivity contribution in [2.24, 2.45) is 5.92 Å². The van der Waals surface area contributed by atoms with Gasteiger partial charge in [-0.2, -0.15) is 11.3 Å². The Morgan fingerprint density at radius 2 is 2.04 bits per heavy atom. The normalized spacial score (nSPS) is 16.7. The van der Waals surface area contributed by atoms with Crippen LogP contribution in [0.4, 0.5) is 0 Å². The second kappa shape index (κ2) is 7.59. The van der Waals surface area contributed by atoms with Gasteiger partial charge in [0, 0.05) is 42.3 Å². The van der Waals surface area contributed by atoms with E-state index < -0.39 is 10.0 Å². The average molecular weight is 380 g/mol. The van der Waals surface area contributed by atoms with Gasteiger partial charge in [-0.15, -0.1) is 0 Å². The van der Waals surface area contributed by atoms with E-state index >= 15 is 0 Å². The molecule has 0 unspecified atom stereocenters. The van der Waals surface area contributed by atoms with E-state index in [2.05, 4.69) is 15.3 Å². The van der Waals surface area contributed by atoms with Crippen molar-refractivity contribution in [3.63, 3.8) is 0 Å². The van der Waals surface area contributed by atoms with Crippen LogP contribution >= 0.6 is 11.3 Å². The van der Waals surface area contributed by atoms with Gasteiger partial charge >= 0.3 is 0 Å². The summed E-state index contributed by atoms with van der Waals surface area (Å²) in [5.74, 6) is -0.227. The third-order valence-corrected chi connectivity index (χ3v) is 6.28. The number of piperidine rings is 1. The first kappa shape index (κ1) is 18.0. The topological polar surface area (TPSA) is 92.3 Å². The summed E-state index contributed by atoms with van der Waals surface area (Å²) >= 11 is 1.58. The zero-order valence-electron chi connectivity index (χ0n) is 13.9. The number of nitrogens with zero attached hydrogens (tertiary/aromatic N) is 3.